The molecule has 3 rings (SSSR count). The highest BCUT2D eigenvalue weighted by Gasteiger charge is 2.49. The summed E-state index contributed by atoms with van der Waals surface area (Å²) >= 11 is 0. The Morgan fingerprint density at radius 3 is 2.67 bits per heavy atom. The first-order valence-corrected chi connectivity index (χ1v) is 8.53. The van der Waals surface area contributed by atoms with Crippen molar-refractivity contribution in [3.05, 3.63) is 17.6 Å². The molecule has 24 heavy (non-hydrogen) atoms. The second-order valence-electron chi connectivity index (χ2n) is 7.05. The number of nitrogens with zero attached hydrogens (tertiary/aromatic N) is 3. The first-order chi connectivity index (χ1) is 11.4. The third-order valence-electron chi connectivity index (χ3n) is 5.22. The molecule has 7 nitrogen and oxygen atoms in total. The van der Waals surface area contributed by atoms with E-state index >= 15 is 0 Å². The zero-order valence-corrected chi connectivity index (χ0v) is 14.2. The number of carbonyl (C=O) groups is 2. The summed E-state index contributed by atoms with van der Waals surface area (Å²) in [5.74, 6) is 0.455. The molecule has 2 aliphatic rings. The summed E-state index contributed by atoms with van der Waals surface area (Å²) in [6.45, 7) is 3.35. The summed E-state index contributed by atoms with van der Waals surface area (Å²) in [7, 11) is 0. The number of hydrogen-bond acceptors (Lipinski definition) is 5. The van der Waals surface area contributed by atoms with Crippen LogP contribution in [-0.4, -0.2) is 26.9 Å². The molecule has 0 radical (unpaired) electrons. The van der Waals surface area contributed by atoms with Crippen LogP contribution in [0.15, 0.2) is 6.07 Å². The largest absolute Gasteiger partial charge is 0.388 e. The van der Waals surface area contributed by atoms with Crippen LogP contribution >= 0.6 is 0 Å². The van der Waals surface area contributed by atoms with Crippen LogP contribution in [0.3, 0.4) is 0 Å². The fraction of sp³-hybridized carbons (Fsp3) is 0.647. The monoisotopic (exact) mass is 332 g/mol. The maximum atomic E-state index is 13.2. The van der Waals surface area contributed by atoms with Crippen molar-refractivity contribution in [3.8, 4) is 0 Å². The van der Waals surface area contributed by atoms with Crippen molar-refractivity contribution in [2.45, 2.75) is 59.0 Å². The normalized spacial score (nSPS) is 25.7. The molecular formula is C17H24N4O3. The molecular weight excluding hydrogens is 308 g/mol. The van der Waals surface area contributed by atoms with Gasteiger partial charge < -0.3 is 5.11 Å². The van der Waals surface area contributed by atoms with Crippen LogP contribution < -0.4 is 10.4 Å². The highest BCUT2D eigenvalue weighted by atomic mass is 16.3. The van der Waals surface area contributed by atoms with Gasteiger partial charge in [-0.1, -0.05) is 19.3 Å². The number of aliphatic hydroxyl groups excluding tert-OH is 1. The minimum absolute atomic E-state index is 0.129. The molecule has 2 N–H and O–H groups in total. The predicted molar refractivity (Wildman–Crippen MR) is 87.6 cm³/mol. The number of nitrogens with one attached hydrogen (secondary N) is 1. The van der Waals surface area contributed by atoms with Crippen molar-refractivity contribution in [2.24, 2.45) is 11.3 Å². The number of aryl methyl sites for hydroxylation is 1. The summed E-state index contributed by atoms with van der Waals surface area (Å²) < 4.78 is 0. The van der Waals surface area contributed by atoms with Crippen molar-refractivity contribution in [2.75, 3.05) is 5.01 Å². The molecule has 1 saturated heterocycles. The van der Waals surface area contributed by atoms with Crippen molar-refractivity contribution < 1.29 is 14.7 Å². The molecule has 0 spiro atoms. The highest BCUT2D eigenvalue weighted by molar-refractivity contribution is 6.04. The molecule has 1 atom stereocenters. The maximum absolute atomic E-state index is 13.2. The van der Waals surface area contributed by atoms with E-state index in [4.69, 9.17) is 0 Å². The van der Waals surface area contributed by atoms with Crippen LogP contribution in [0.4, 0.5) is 5.82 Å². The highest BCUT2D eigenvalue weighted by Crippen LogP contribution is 2.44. The maximum Gasteiger partial charge on any atom is 0.253 e. The summed E-state index contributed by atoms with van der Waals surface area (Å²) in [6, 6.07) is 1.64. The van der Waals surface area contributed by atoms with Gasteiger partial charge in [0.25, 0.3) is 5.91 Å². The molecule has 1 aliphatic heterocycles. The van der Waals surface area contributed by atoms with Crippen molar-refractivity contribution in [1.29, 1.82) is 0 Å². The third-order valence-corrected chi connectivity index (χ3v) is 5.22. The molecule has 2 heterocycles. The van der Waals surface area contributed by atoms with Crippen LogP contribution in [0.2, 0.25) is 0 Å². The van der Waals surface area contributed by atoms with Gasteiger partial charge in [-0.15, -0.1) is 0 Å². The van der Waals surface area contributed by atoms with Gasteiger partial charge in [0.15, 0.2) is 11.6 Å². The molecule has 1 aromatic rings. The molecule has 7 heteroatoms. The number of aliphatic hydroxyl groups is 1. The molecule has 2 fully saturated rings. The number of anilines is 1. The van der Waals surface area contributed by atoms with Gasteiger partial charge in [-0.2, -0.15) is 0 Å². The van der Waals surface area contributed by atoms with Gasteiger partial charge in [-0.25, -0.2) is 15.0 Å². The molecule has 1 aliphatic carbocycles. The number of hydrogen-bond donors (Lipinski definition) is 2. The summed E-state index contributed by atoms with van der Waals surface area (Å²) in [4.78, 5) is 33.8. The van der Waals surface area contributed by atoms with E-state index in [2.05, 4.69) is 15.4 Å². The lowest BCUT2D eigenvalue weighted by Crippen LogP contribution is -2.61. The summed E-state index contributed by atoms with van der Waals surface area (Å²) in [6.07, 6.45) is 5.58. The van der Waals surface area contributed by atoms with Crippen LogP contribution in [0.1, 0.15) is 57.0 Å². The number of hydrazine groups is 1. The molecule has 2 amide bonds. The minimum atomic E-state index is -0.707. The molecule has 0 aromatic carbocycles. The Bertz CT molecular complexity index is 657. The van der Waals surface area contributed by atoms with Crippen LogP contribution in [0, 0.1) is 18.3 Å². The van der Waals surface area contributed by atoms with Crippen molar-refractivity contribution >= 4 is 17.6 Å². The van der Waals surface area contributed by atoms with E-state index in [1.807, 2.05) is 6.92 Å². The second kappa shape index (κ2) is 6.47. The van der Waals surface area contributed by atoms with E-state index in [1.54, 1.807) is 13.0 Å². The zero-order valence-electron chi connectivity index (χ0n) is 14.2. The van der Waals surface area contributed by atoms with E-state index in [0.717, 1.165) is 25.7 Å². The number of carbonyl (C=O) groups excluding carboxylic acids is 2. The Kier molecular flexibility index (Phi) is 4.54. The average molecular weight is 332 g/mol. The van der Waals surface area contributed by atoms with Gasteiger partial charge in [0.1, 0.15) is 6.61 Å². The van der Waals surface area contributed by atoms with Gasteiger partial charge in [0, 0.05) is 18.2 Å². The first-order valence-electron chi connectivity index (χ1n) is 8.53. The van der Waals surface area contributed by atoms with Crippen LogP contribution in [0.25, 0.3) is 0 Å². The summed E-state index contributed by atoms with van der Waals surface area (Å²) in [5, 5.41) is 10.5. The van der Waals surface area contributed by atoms with Gasteiger partial charge in [-0.3, -0.25) is 15.0 Å². The Morgan fingerprint density at radius 1 is 1.29 bits per heavy atom. The predicted octanol–water partition coefficient (Wildman–Crippen LogP) is 1.63. The van der Waals surface area contributed by atoms with E-state index in [-0.39, 0.29) is 36.6 Å². The van der Waals surface area contributed by atoms with Crippen LogP contribution in [0.5, 0.6) is 0 Å². The SMILES string of the molecule is Cc1cc(N2NC(=O)CC(C)(C3CCCCC3)C2=O)nc(CO)n1. The van der Waals surface area contributed by atoms with Gasteiger partial charge in [0.2, 0.25) is 5.91 Å². The average Bonchev–Trinajstić information content (AvgIpc) is 2.58. The lowest BCUT2D eigenvalue weighted by molar-refractivity contribution is -0.144. The fourth-order valence-corrected chi connectivity index (χ4v) is 3.90. The first kappa shape index (κ1) is 16.8. The topological polar surface area (TPSA) is 95.4 Å². The standard InChI is InChI=1S/C17H24N4O3/c1-11-8-14(19-13(10-22)18-11)21-16(24)17(2,9-15(23)20-21)12-6-4-3-5-7-12/h8,12,22H,3-7,9-10H2,1-2H3,(H,20,23). The Morgan fingerprint density at radius 2 is 2.00 bits per heavy atom. The number of rotatable bonds is 3. The lowest BCUT2D eigenvalue weighted by atomic mass is 9.66. The lowest BCUT2D eigenvalue weighted by Gasteiger charge is -2.44. The second-order valence-corrected chi connectivity index (χ2v) is 7.05. The zero-order chi connectivity index (χ0) is 17.3. The Balaban J connectivity index is 1.95. The number of aromatic nitrogens is 2. The van der Waals surface area contributed by atoms with Gasteiger partial charge in [-0.05, 0) is 32.6 Å². The summed E-state index contributed by atoms with van der Waals surface area (Å²) in [5.41, 5.74) is 2.56. The van der Waals surface area contributed by atoms with Crippen LogP contribution in [-0.2, 0) is 16.2 Å². The molecule has 1 saturated carbocycles. The quantitative estimate of drug-likeness (QED) is 0.877. The third kappa shape index (κ3) is 3.00. The fourth-order valence-electron chi connectivity index (χ4n) is 3.90. The van der Waals surface area contributed by atoms with E-state index < -0.39 is 5.41 Å². The van der Waals surface area contributed by atoms with E-state index in [9.17, 15) is 14.7 Å². The smallest absolute Gasteiger partial charge is 0.253 e. The van der Waals surface area contributed by atoms with Crippen molar-refractivity contribution in [3.63, 3.8) is 0 Å². The molecule has 1 aromatic heterocycles. The molecule has 0 bridgehead atoms. The number of amides is 2. The minimum Gasteiger partial charge on any atom is -0.388 e. The Hall–Kier alpha value is -2.02. The van der Waals surface area contributed by atoms with E-state index in [1.165, 1.54) is 11.4 Å². The van der Waals surface area contributed by atoms with Gasteiger partial charge in [0.05, 0.1) is 5.41 Å². The van der Waals surface area contributed by atoms with Gasteiger partial charge >= 0.3 is 0 Å². The molecule has 1 unspecified atom stereocenters. The van der Waals surface area contributed by atoms with Crippen molar-refractivity contribution in [1.82, 2.24) is 15.4 Å². The Labute approximate surface area is 141 Å². The molecule has 130 valence electrons. The van der Waals surface area contributed by atoms with E-state index in [0.29, 0.717) is 11.5 Å².